The second-order valence-electron chi connectivity index (χ2n) is 5.31. The van der Waals surface area contributed by atoms with Gasteiger partial charge in [0.05, 0.1) is 0 Å². The minimum Gasteiger partial charge on any atom is -0.485 e. The molecule has 0 amide bonds. The lowest BCUT2D eigenvalue weighted by Gasteiger charge is -2.25. The molecule has 1 heterocycles. The van der Waals surface area contributed by atoms with Crippen LogP contribution in [0.4, 0.5) is 0 Å². The first-order valence-electron chi connectivity index (χ1n) is 7.11. The average Bonchev–Trinajstić information content (AvgIpc) is 2.98. The minimum atomic E-state index is 0.00994. The number of ether oxygens (including phenoxy) is 1. The zero-order valence-corrected chi connectivity index (χ0v) is 13.1. The van der Waals surface area contributed by atoms with E-state index in [1.165, 1.54) is 5.56 Å². The third-order valence-electron chi connectivity index (χ3n) is 3.75. The molecule has 1 aliphatic rings. The predicted molar refractivity (Wildman–Crippen MR) is 87.2 cm³/mol. The van der Waals surface area contributed by atoms with E-state index in [9.17, 15) is 0 Å². The topological polar surface area (TPSA) is 21.3 Å². The molecular formula is C17H17Cl2NO. The lowest BCUT2D eigenvalue weighted by atomic mass is 9.95. The fraction of sp³-hybridized carbons (Fsp3) is 0.294. The molecule has 0 aromatic heterocycles. The Morgan fingerprint density at radius 3 is 2.38 bits per heavy atom. The number of hydrogen-bond donors (Lipinski definition) is 1. The van der Waals surface area contributed by atoms with E-state index in [0.717, 1.165) is 19.5 Å². The van der Waals surface area contributed by atoms with Gasteiger partial charge in [-0.1, -0.05) is 53.5 Å². The van der Waals surface area contributed by atoms with Gasteiger partial charge in [-0.2, -0.15) is 0 Å². The van der Waals surface area contributed by atoms with Gasteiger partial charge in [0.1, 0.15) is 11.9 Å². The van der Waals surface area contributed by atoms with E-state index in [1.54, 1.807) is 6.07 Å². The molecule has 2 nitrogen and oxygen atoms in total. The second kappa shape index (κ2) is 6.69. The lowest BCUT2D eigenvalue weighted by molar-refractivity contribution is 0.144. The summed E-state index contributed by atoms with van der Waals surface area (Å²) >= 11 is 12.1. The predicted octanol–water partition coefficient (Wildman–Crippen LogP) is 4.72. The van der Waals surface area contributed by atoms with Crippen molar-refractivity contribution in [1.29, 1.82) is 0 Å². The molecule has 0 radical (unpaired) electrons. The minimum absolute atomic E-state index is 0.00994. The summed E-state index contributed by atoms with van der Waals surface area (Å²) in [5.74, 6) is 1.17. The molecule has 21 heavy (non-hydrogen) atoms. The summed E-state index contributed by atoms with van der Waals surface area (Å²) in [6.45, 7) is 2.00. The average molecular weight is 322 g/mol. The van der Waals surface area contributed by atoms with Crippen LogP contribution in [0.3, 0.4) is 0 Å². The lowest BCUT2D eigenvalue weighted by Crippen LogP contribution is -2.21. The van der Waals surface area contributed by atoms with Gasteiger partial charge in [-0.15, -0.1) is 0 Å². The molecule has 1 aliphatic heterocycles. The monoisotopic (exact) mass is 321 g/mol. The normalized spacial score (nSPS) is 19.4. The van der Waals surface area contributed by atoms with Crippen LogP contribution in [-0.4, -0.2) is 13.1 Å². The SMILES string of the molecule is Clc1cc(Cl)cc(O[C@H](c2ccccc2)[C@@H]2CCNC2)c1. The van der Waals surface area contributed by atoms with E-state index in [0.29, 0.717) is 21.7 Å². The Balaban J connectivity index is 1.88. The van der Waals surface area contributed by atoms with Crippen LogP contribution < -0.4 is 10.1 Å². The molecule has 1 fully saturated rings. The fourth-order valence-electron chi connectivity index (χ4n) is 2.76. The first-order chi connectivity index (χ1) is 10.2. The molecule has 3 rings (SSSR count). The third kappa shape index (κ3) is 3.70. The summed E-state index contributed by atoms with van der Waals surface area (Å²) in [6.07, 6.45) is 1.11. The molecule has 1 N–H and O–H groups in total. The van der Waals surface area contributed by atoms with Gasteiger partial charge in [-0.3, -0.25) is 0 Å². The summed E-state index contributed by atoms with van der Waals surface area (Å²) in [7, 11) is 0. The van der Waals surface area contributed by atoms with E-state index in [1.807, 2.05) is 30.3 Å². The Labute approximate surface area is 135 Å². The Morgan fingerprint density at radius 1 is 1.05 bits per heavy atom. The van der Waals surface area contributed by atoms with Crippen LogP contribution in [0.2, 0.25) is 10.0 Å². The largest absolute Gasteiger partial charge is 0.485 e. The number of hydrogen-bond acceptors (Lipinski definition) is 2. The molecule has 2 atom stereocenters. The van der Waals surface area contributed by atoms with Crippen molar-refractivity contribution in [2.45, 2.75) is 12.5 Å². The van der Waals surface area contributed by atoms with Gasteiger partial charge in [0, 0.05) is 22.5 Å². The van der Waals surface area contributed by atoms with Crippen molar-refractivity contribution in [2.75, 3.05) is 13.1 Å². The van der Waals surface area contributed by atoms with E-state index in [4.69, 9.17) is 27.9 Å². The van der Waals surface area contributed by atoms with E-state index < -0.39 is 0 Å². The Hall–Kier alpha value is -1.22. The Kier molecular flexibility index (Phi) is 4.69. The highest BCUT2D eigenvalue weighted by Crippen LogP contribution is 2.34. The van der Waals surface area contributed by atoms with Crippen LogP contribution in [0.25, 0.3) is 0 Å². The number of rotatable bonds is 4. The van der Waals surface area contributed by atoms with Crippen LogP contribution in [0.1, 0.15) is 18.1 Å². The summed E-state index contributed by atoms with van der Waals surface area (Å²) in [5, 5.41) is 4.58. The highest BCUT2D eigenvalue weighted by molar-refractivity contribution is 6.34. The highest BCUT2D eigenvalue weighted by atomic mass is 35.5. The van der Waals surface area contributed by atoms with Crippen molar-refractivity contribution in [1.82, 2.24) is 5.32 Å². The number of benzene rings is 2. The Bertz CT molecular complexity index is 577. The second-order valence-corrected chi connectivity index (χ2v) is 6.18. The maximum Gasteiger partial charge on any atom is 0.128 e. The van der Waals surface area contributed by atoms with Gasteiger partial charge in [0.25, 0.3) is 0 Å². The van der Waals surface area contributed by atoms with Gasteiger partial charge in [-0.05, 0) is 36.7 Å². The van der Waals surface area contributed by atoms with Crippen molar-refractivity contribution in [3.05, 3.63) is 64.1 Å². The molecule has 2 aromatic rings. The summed E-state index contributed by atoms with van der Waals surface area (Å²) in [4.78, 5) is 0. The summed E-state index contributed by atoms with van der Waals surface area (Å²) in [5.41, 5.74) is 1.18. The Morgan fingerprint density at radius 2 is 1.76 bits per heavy atom. The molecule has 0 bridgehead atoms. The van der Waals surface area contributed by atoms with Crippen LogP contribution in [0.15, 0.2) is 48.5 Å². The first-order valence-corrected chi connectivity index (χ1v) is 7.86. The zero-order valence-electron chi connectivity index (χ0n) is 11.6. The van der Waals surface area contributed by atoms with E-state index >= 15 is 0 Å². The number of nitrogens with one attached hydrogen (secondary N) is 1. The molecule has 0 saturated carbocycles. The molecular weight excluding hydrogens is 305 g/mol. The van der Waals surface area contributed by atoms with Crippen molar-refractivity contribution in [3.63, 3.8) is 0 Å². The highest BCUT2D eigenvalue weighted by Gasteiger charge is 2.28. The van der Waals surface area contributed by atoms with Crippen molar-refractivity contribution < 1.29 is 4.74 Å². The summed E-state index contributed by atoms with van der Waals surface area (Å²) in [6, 6.07) is 15.6. The standard InChI is InChI=1S/C17H17Cl2NO/c18-14-8-15(19)10-16(9-14)21-17(13-6-7-20-11-13)12-4-2-1-3-5-12/h1-5,8-10,13,17,20H,6-7,11H2/t13-,17-/m1/s1. The maximum absolute atomic E-state index is 6.24. The maximum atomic E-state index is 6.24. The first kappa shape index (κ1) is 14.7. The molecule has 0 spiro atoms. The fourth-order valence-corrected chi connectivity index (χ4v) is 3.26. The van der Waals surface area contributed by atoms with Crippen molar-refractivity contribution in [2.24, 2.45) is 5.92 Å². The number of halogens is 2. The van der Waals surface area contributed by atoms with Gasteiger partial charge >= 0.3 is 0 Å². The van der Waals surface area contributed by atoms with Crippen LogP contribution in [-0.2, 0) is 0 Å². The van der Waals surface area contributed by atoms with Crippen LogP contribution in [0, 0.1) is 5.92 Å². The zero-order chi connectivity index (χ0) is 14.7. The third-order valence-corrected chi connectivity index (χ3v) is 4.19. The van der Waals surface area contributed by atoms with Crippen LogP contribution in [0.5, 0.6) is 5.75 Å². The van der Waals surface area contributed by atoms with Gasteiger partial charge < -0.3 is 10.1 Å². The molecule has 1 saturated heterocycles. The quantitative estimate of drug-likeness (QED) is 0.879. The van der Waals surface area contributed by atoms with Crippen molar-refractivity contribution in [3.8, 4) is 5.75 Å². The molecule has 0 aliphatic carbocycles. The van der Waals surface area contributed by atoms with Crippen molar-refractivity contribution >= 4 is 23.2 Å². The van der Waals surface area contributed by atoms with E-state index in [-0.39, 0.29) is 6.10 Å². The van der Waals surface area contributed by atoms with Crippen LogP contribution >= 0.6 is 23.2 Å². The molecule has 4 heteroatoms. The summed E-state index contributed by atoms with van der Waals surface area (Å²) < 4.78 is 6.24. The smallest absolute Gasteiger partial charge is 0.128 e. The molecule has 0 unspecified atom stereocenters. The van der Waals surface area contributed by atoms with Gasteiger partial charge in [0.2, 0.25) is 0 Å². The van der Waals surface area contributed by atoms with E-state index in [2.05, 4.69) is 17.4 Å². The van der Waals surface area contributed by atoms with Gasteiger partial charge in [0.15, 0.2) is 0 Å². The van der Waals surface area contributed by atoms with Gasteiger partial charge in [-0.25, -0.2) is 0 Å². The molecule has 2 aromatic carbocycles. The molecule has 110 valence electrons.